The van der Waals surface area contributed by atoms with E-state index < -0.39 is 0 Å². The van der Waals surface area contributed by atoms with Crippen LogP contribution >= 0.6 is 0 Å². The quantitative estimate of drug-likeness (QED) is 0.474. The van der Waals surface area contributed by atoms with Crippen LogP contribution in [0.3, 0.4) is 0 Å². The van der Waals surface area contributed by atoms with Crippen molar-refractivity contribution in [3.05, 3.63) is 59.6 Å². The monoisotopic (exact) mass is 580 g/mol. The fourth-order valence-corrected chi connectivity index (χ4v) is 7.28. The highest BCUT2D eigenvalue weighted by Gasteiger charge is 2.45. The molecule has 5 atom stereocenters. The summed E-state index contributed by atoms with van der Waals surface area (Å²) in [6, 6.07) is 10.7. The van der Waals surface area contributed by atoms with Gasteiger partial charge in [0, 0.05) is 37.9 Å². The van der Waals surface area contributed by atoms with Crippen LogP contribution < -0.4 is 4.90 Å². The Morgan fingerprint density at radius 2 is 1.71 bits per heavy atom. The molecule has 5 unspecified atom stereocenters. The Kier molecular flexibility index (Phi) is 9.46. The lowest BCUT2D eigenvalue weighted by molar-refractivity contribution is -0.943. The van der Waals surface area contributed by atoms with Crippen molar-refractivity contribution in [2.45, 2.75) is 78.8 Å². The van der Waals surface area contributed by atoms with Gasteiger partial charge in [-0.25, -0.2) is 4.39 Å². The van der Waals surface area contributed by atoms with Crippen LogP contribution in [0.2, 0.25) is 0 Å². The van der Waals surface area contributed by atoms with Crippen molar-refractivity contribution in [3.8, 4) is 0 Å². The van der Waals surface area contributed by atoms with Crippen LogP contribution in [0.4, 0.5) is 4.39 Å². The highest BCUT2D eigenvalue weighted by atomic mass is 19.1. The average Bonchev–Trinajstić information content (AvgIpc) is 3.79. The van der Waals surface area contributed by atoms with Gasteiger partial charge in [-0.3, -0.25) is 9.59 Å². The summed E-state index contributed by atoms with van der Waals surface area (Å²) in [5.74, 6) is 1.56. The van der Waals surface area contributed by atoms with E-state index in [0.29, 0.717) is 37.2 Å². The topological polar surface area (TPSA) is 54.3 Å². The minimum absolute atomic E-state index is 0.00925. The van der Waals surface area contributed by atoms with Crippen LogP contribution in [0.5, 0.6) is 0 Å². The molecule has 5 rings (SSSR count). The van der Waals surface area contributed by atoms with E-state index in [1.54, 1.807) is 6.92 Å². The molecule has 6 nitrogen and oxygen atoms in total. The number of hydrogen-bond acceptors (Lipinski definition) is 3. The van der Waals surface area contributed by atoms with E-state index in [2.05, 4.69) is 56.9 Å². The number of benzene rings is 1. The molecule has 7 heteroatoms. The molecule has 1 aromatic rings. The van der Waals surface area contributed by atoms with Crippen LogP contribution in [-0.2, 0) is 14.3 Å². The van der Waals surface area contributed by atoms with Crippen LogP contribution in [0.25, 0.3) is 0 Å². The molecule has 4 aliphatic rings. The van der Waals surface area contributed by atoms with Crippen LogP contribution in [0.1, 0.15) is 78.3 Å². The van der Waals surface area contributed by atoms with Gasteiger partial charge >= 0.3 is 0 Å². The van der Waals surface area contributed by atoms with Crippen molar-refractivity contribution in [2.24, 2.45) is 29.1 Å². The number of likely N-dealkylation sites (tertiary alicyclic amines) is 1. The molecule has 230 valence electrons. The number of rotatable bonds is 8. The van der Waals surface area contributed by atoms with Crippen molar-refractivity contribution in [1.82, 2.24) is 9.80 Å². The molecule has 2 saturated heterocycles. The zero-order valence-corrected chi connectivity index (χ0v) is 26.3. The lowest BCUT2D eigenvalue weighted by Crippen LogP contribution is -3.17. The summed E-state index contributed by atoms with van der Waals surface area (Å²) in [5.41, 5.74) is 1.12. The van der Waals surface area contributed by atoms with Crippen LogP contribution in [0.15, 0.2) is 54.1 Å². The Hall–Kier alpha value is -2.67. The van der Waals surface area contributed by atoms with Gasteiger partial charge in [-0.05, 0) is 61.0 Å². The SMILES string of the molecule is CC(=O)N1CCC(CC(=O)N2CC[NH+](C(c3ccccc3)C3C=C(F)C(OCC4CC4)=CC3C)CC2C(C)(C)C)CC1. The molecule has 1 aromatic carbocycles. The maximum Gasteiger partial charge on any atom is 0.223 e. The summed E-state index contributed by atoms with van der Waals surface area (Å²) in [4.78, 5) is 31.0. The van der Waals surface area contributed by atoms with Gasteiger partial charge in [0.2, 0.25) is 11.8 Å². The molecule has 0 spiro atoms. The second-order valence-electron chi connectivity index (χ2n) is 14.4. The first-order chi connectivity index (χ1) is 20.0. The van der Waals surface area contributed by atoms with E-state index in [-0.39, 0.29) is 47.0 Å². The first kappa shape index (κ1) is 30.8. The Morgan fingerprint density at radius 1 is 1.02 bits per heavy atom. The Bertz CT molecular complexity index is 1160. The molecule has 3 fully saturated rings. The van der Waals surface area contributed by atoms with Crippen LogP contribution in [-0.4, -0.2) is 67.0 Å². The molecule has 0 bridgehead atoms. The summed E-state index contributed by atoms with van der Waals surface area (Å²) >= 11 is 0. The Morgan fingerprint density at radius 3 is 2.33 bits per heavy atom. The molecule has 0 radical (unpaired) electrons. The number of piperazine rings is 1. The first-order valence-corrected chi connectivity index (χ1v) is 16.2. The van der Waals surface area contributed by atoms with E-state index in [4.69, 9.17) is 4.74 Å². The molecule has 2 heterocycles. The second kappa shape index (κ2) is 12.9. The van der Waals surface area contributed by atoms with Gasteiger partial charge in [0.05, 0.1) is 32.3 Å². The molecular weight excluding hydrogens is 529 g/mol. The van der Waals surface area contributed by atoms with Crippen molar-refractivity contribution in [2.75, 3.05) is 39.3 Å². The number of ether oxygens (including phenoxy) is 1. The summed E-state index contributed by atoms with van der Waals surface area (Å²) in [5, 5.41) is 0. The lowest BCUT2D eigenvalue weighted by atomic mass is 9.77. The average molecular weight is 581 g/mol. The predicted molar refractivity (Wildman–Crippen MR) is 163 cm³/mol. The van der Waals surface area contributed by atoms with Crippen molar-refractivity contribution >= 4 is 11.8 Å². The molecule has 42 heavy (non-hydrogen) atoms. The molecular formula is C35H51FN3O3+. The van der Waals surface area contributed by atoms with Gasteiger partial charge in [0.15, 0.2) is 11.6 Å². The summed E-state index contributed by atoms with van der Waals surface area (Å²) in [7, 11) is 0. The number of carbonyl (C=O) groups is 2. The summed E-state index contributed by atoms with van der Waals surface area (Å²) in [6.45, 7) is 15.0. The Balaban J connectivity index is 1.33. The molecule has 0 aromatic heterocycles. The van der Waals surface area contributed by atoms with Gasteiger partial charge in [-0.15, -0.1) is 0 Å². The number of hydrogen-bond donors (Lipinski definition) is 1. The lowest BCUT2D eigenvalue weighted by Gasteiger charge is -2.49. The third kappa shape index (κ3) is 7.27. The van der Waals surface area contributed by atoms with Crippen molar-refractivity contribution in [1.29, 1.82) is 0 Å². The van der Waals surface area contributed by atoms with Gasteiger partial charge < -0.3 is 19.4 Å². The largest absolute Gasteiger partial charge is 0.491 e. The number of nitrogens with one attached hydrogen (secondary N) is 1. The van der Waals surface area contributed by atoms with E-state index in [0.717, 1.165) is 39.0 Å². The highest BCUT2D eigenvalue weighted by Crippen LogP contribution is 2.38. The van der Waals surface area contributed by atoms with E-state index in [1.165, 1.54) is 23.3 Å². The molecule has 2 amide bonds. The fourth-order valence-electron chi connectivity index (χ4n) is 7.28. The molecule has 2 aliphatic carbocycles. The van der Waals surface area contributed by atoms with Gasteiger partial charge in [0.1, 0.15) is 6.04 Å². The van der Waals surface area contributed by atoms with E-state index in [1.807, 2.05) is 23.1 Å². The van der Waals surface area contributed by atoms with E-state index >= 15 is 4.39 Å². The third-order valence-corrected chi connectivity index (χ3v) is 10.1. The molecule has 2 aliphatic heterocycles. The van der Waals surface area contributed by atoms with Gasteiger partial charge in [0.25, 0.3) is 0 Å². The normalized spacial score (nSPS) is 28.1. The van der Waals surface area contributed by atoms with E-state index in [9.17, 15) is 9.59 Å². The standard InChI is InChI=1S/C35H50FN3O3/c1-24-19-31(42-23-27-11-12-27)30(36)21-29(24)34(28-9-7-6-8-10-28)38-17-18-39(32(22-38)35(3,4)5)33(41)20-26-13-15-37(16-14-26)25(2)40/h6-10,19,21,24,26-27,29,32,34H,11-18,20,22-23H2,1-5H3/p+1. The number of piperidine rings is 1. The maximum absolute atomic E-state index is 15.5. The third-order valence-electron chi connectivity index (χ3n) is 10.1. The Labute approximate surface area is 251 Å². The second-order valence-corrected chi connectivity index (χ2v) is 14.4. The van der Waals surface area contributed by atoms with Crippen molar-refractivity contribution in [3.63, 3.8) is 0 Å². The van der Waals surface area contributed by atoms with Crippen molar-refractivity contribution < 1.29 is 23.6 Å². The first-order valence-electron chi connectivity index (χ1n) is 16.2. The number of carbonyl (C=O) groups excluding carboxylic acids is 2. The number of halogens is 1. The predicted octanol–water partition coefficient (Wildman–Crippen LogP) is 4.95. The zero-order valence-electron chi connectivity index (χ0n) is 26.3. The maximum atomic E-state index is 15.5. The fraction of sp³-hybridized carbons (Fsp3) is 0.657. The molecule has 1 N–H and O–H groups in total. The number of amides is 2. The number of allylic oxidation sites excluding steroid dienone is 2. The summed E-state index contributed by atoms with van der Waals surface area (Å²) < 4.78 is 21.4. The van der Waals surface area contributed by atoms with Gasteiger partial charge in [-0.2, -0.15) is 0 Å². The molecule has 1 saturated carbocycles. The zero-order chi connectivity index (χ0) is 30.0. The minimum atomic E-state index is -0.240. The number of nitrogens with zero attached hydrogens (tertiary/aromatic N) is 2. The highest BCUT2D eigenvalue weighted by molar-refractivity contribution is 5.77. The number of quaternary nitrogens is 1. The summed E-state index contributed by atoms with van der Waals surface area (Å²) in [6.07, 6.45) is 8.51. The minimum Gasteiger partial charge on any atom is -0.491 e. The van der Waals surface area contributed by atoms with Crippen LogP contribution in [0, 0.1) is 29.1 Å². The van der Waals surface area contributed by atoms with Gasteiger partial charge in [-0.1, -0.05) is 58.0 Å². The smallest absolute Gasteiger partial charge is 0.223 e.